The summed E-state index contributed by atoms with van der Waals surface area (Å²) in [6.07, 6.45) is 1.71. The molecule has 0 amide bonds. The Kier molecular flexibility index (Phi) is 5.33. The monoisotopic (exact) mass is 437 g/mol. The standard InChI is InChI=1S/C24H22F3N5/c25-16-2-5-18(19(26)12-16)22(27)15-7-9-32(10-8-15)24-23(29-17-3-4-17)30-20-6-1-14(13-28)11-21(20)31-24/h1-2,5-6,11-12,15,17,22H,3-4,7-10H2,(H,29,30)/t22-/m0/s1. The van der Waals surface area contributed by atoms with Gasteiger partial charge in [-0.25, -0.2) is 23.1 Å². The molecule has 5 nitrogen and oxygen atoms in total. The first-order valence-corrected chi connectivity index (χ1v) is 10.8. The molecule has 8 heteroatoms. The van der Waals surface area contributed by atoms with Crippen LogP contribution in [0.2, 0.25) is 0 Å². The van der Waals surface area contributed by atoms with Crippen molar-refractivity contribution in [3.63, 3.8) is 0 Å². The highest BCUT2D eigenvalue weighted by atomic mass is 19.1. The van der Waals surface area contributed by atoms with Gasteiger partial charge >= 0.3 is 0 Å². The SMILES string of the molecule is N#Cc1ccc2nc(NC3CC3)c(N3CCC([C@H](F)c4ccc(F)cc4F)CC3)nc2c1. The van der Waals surface area contributed by atoms with Crippen molar-refractivity contribution in [1.29, 1.82) is 5.26 Å². The Balaban J connectivity index is 1.38. The molecule has 2 aliphatic rings. The summed E-state index contributed by atoms with van der Waals surface area (Å²) in [6.45, 7) is 1.09. The number of halogens is 3. The van der Waals surface area contributed by atoms with E-state index in [4.69, 9.17) is 9.97 Å². The topological polar surface area (TPSA) is 64.8 Å². The Morgan fingerprint density at radius 1 is 1.00 bits per heavy atom. The summed E-state index contributed by atoms with van der Waals surface area (Å²) in [5.41, 5.74) is 1.78. The fraction of sp³-hybridized carbons (Fsp3) is 0.375. The minimum atomic E-state index is -1.48. The number of rotatable bonds is 5. The first-order chi connectivity index (χ1) is 15.5. The Morgan fingerprint density at radius 3 is 2.47 bits per heavy atom. The lowest BCUT2D eigenvalue weighted by Gasteiger charge is -2.35. The van der Waals surface area contributed by atoms with Gasteiger partial charge in [0, 0.05) is 30.8 Å². The molecule has 5 rings (SSSR count). The van der Waals surface area contributed by atoms with Gasteiger partial charge in [-0.05, 0) is 55.9 Å². The second-order valence-corrected chi connectivity index (χ2v) is 8.52. The second-order valence-electron chi connectivity index (χ2n) is 8.52. The van der Waals surface area contributed by atoms with Gasteiger partial charge in [-0.1, -0.05) is 6.07 Å². The van der Waals surface area contributed by atoms with Crippen molar-refractivity contribution in [2.45, 2.75) is 37.9 Å². The van der Waals surface area contributed by atoms with E-state index in [1.54, 1.807) is 18.2 Å². The fourth-order valence-corrected chi connectivity index (χ4v) is 4.24. The molecule has 0 radical (unpaired) electrons. The Morgan fingerprint density at radius 2 is 1.78 bits per heavy atom. The van der Waals surface area contributed by atoms with E-state index in [2.05, 4.69) is 16.3 Å². The van der Waals surface area contributed by atoms with Gasteiger partial charge in [-0.2, -0.15) is 5.26 Å². The maximum absolute atomic E-state index is 15.0. The third-order valence-electron chi connectivity index (χ3n) is 6.21. The van der Waals surface area contributed by atoms with Crippen LogP contribution >= 0.6 is 0 Å². The van der Waals surface area contributed by atoms with Crippen LogP contribution in [0.25, 0.3) is 11.0 Å². The summed E-state index contributed by atoms with van der Waals surface area (Å²) in [4.78, 5) is 11.6. The van der Waals surface area contributed by atoms with Crippen molar-refractivity contribution in [1.82, 2.24) is 9.97 Å². The zero-order valence-electron chi connectivity index (χ0n) is 17.4. The smallest absolute Gasteiger partial charge is 0.172 e. The van der Waals surface area contributed by atoms with Gasteiger partial charge in [0.25, 0.3) is 0 Å². The van der Waals surface area contributed by atoms with Crippen LogP contribution in [-0.4, -0.2) is 29.1 Å². The maximum Gasteiger partial charge on any atom is 0.172 e. The van der Waals surface area contributed by atoms with Crippen LogP contribution in [-0.2, 0) is 0 Å². The summed E-state index contributed by atoms with van der Waals surface area (Å²) >= 11 is 0. The highest BCUT2D eigenvalue weighted by Crippen LogP contribution is 2.38. The normalized spacial score (nSPS) is 17.9. The Bertz CT molecular complexity index is 1200. The van der Waals surface area contributed by atoms with E-state index in [-0.39, 0.29) is 11.5 Å². The van der Waals surface area contributed by atoms with E-state index in [1.807, 2.05) is 0 Å². The van der Waals surface area contributed by atoms with Gasteiger partial charge in [0.15, 0.2) is 11.6 Å². The van der Waals surface area contributed by atoms with Crippen molar-refractivity contribution in [2.75, 3.05) is 23.3 Å². The Labute approximate surface area is 183 Å². The van der Waals surface area contributed by atoms with E-state index in [9.17, 15) is 14.0 Å². The molecule has 1 aliphatic heterocycles. The molecule has 2 aromatic carbocycles. The molecule has 2 fully saturated rings. The first kappa shape index (κ1) is 20.6. The molecule has 3 aromatic rings. The van der Waals surface area contributed by atoms with E-state index >= 15 is 4.39 Å². The number of piperidine rings is 1. The molecule has 32 heavy (non-hydrogen) atoms. The van der Waals surface area contributed by atoms with Crippen LogP contribution in [0.15, 0.2) is 36.4 Å². The quantitative estimate of drug-likeness (QED) is 0.588. The molecule has 1 aromatic heterocycles. The van der Waals surface area contributed by atoms with Crippen molar-refractivity contribution >= 4 is 22.7 Å². The zero-order chi connectivity index (χ0) is 22.2. The van der Waals surface area contributed by atoms with Crippen LogP contribution in [0.4, 0.5) is 24.8 Å². The molecular weight excluding hydrogens is 415 g/mol. The average molecular weight is 437 g/mol. The summed E-state index contributed by atoms with van der Waals surface area (Å²) in [7, 11) is 0. The molecule has 164 valence electrons. The van der Waals surface area contributed by atoms with Crippen molar-refractivity contribution in [3.8, 4) is 6.07 Å². The van der Waals surface area contributed by atoms with Crippen LogP contribution in [0.5, 0.6) is 0 Å². The largest absolute Gasteiger partial charge is 0.364 e. The number of hydrogen-bond acceptors (Lipinski definition) is 5. The highest BCUT2D eigenvalue weighted by molar-refractivity contribution is 5.82. The van der Waals surface area contributed by atoms with Crippen LogP contribution in [0.1, 0.15) is 43.0 Å². The lowest BCUT2D eigenvalue weighted by Crippen LogP contribution is -2.36. The average Bonchev–Trinajstić information content (AvgIpc) is 3.62. The van der Waals surface area contributed by atoms with Gasteiger partial charge in [-0.3, -0.25) is 0 Å². The number of aromatic nitrogens is 2. The van der Waals surface area contributed by atoms with Gasteiger partial charge in [0.1, 0.15) is 17.8 Å². The minimum absolute atomic E-state index is 0.0875. The molecule has 0 spiro atoms. The number of fused-ring (bicyclic) bond motifs is 1. The predicted octanol–water partition coefficient (Wildman–Crippen LogP) is 5.28. The lowest BCUT2D eigenvalue weighted by atomic mass is 9.88. The number of hydrogen-bond donors (Lipinski definition) is 1. The molecule has 0 bridgehead atoms. The summed E-state index contributed by atoms with van der Waals surface area (Å²) in [6, 6.07) is 10.8. The summed E-state index contributed by atoms with van der Waals surface area (Å²) in [5, 5.41) is 12.6. The Hall–Kier alpha value is -3.34. The van der Waals surface area contributed by atoms with E-state index < -0.39 is 17.8 Å². The molecule has 1 aliphatic carbocycles. The number of anilines is 2. The van der Waals surface area contributed by atoms with Gasteiger partial charge in [0.05, 0.1) is 22.7 Å². The van der Waals surface area contributed by atoms with E-state index in [1.165, 1.54) is 6.07 Å². The molecule has 0 unspecified atom stereocenters. The minimum Gasteiger partial charge on any atom is -0.364 e. The number of nitrogens with one attached hydrogen (secondary N) is 1. The number of nitrogens with zero attached hydrogens (tertiary/aromatic N) is 4. The summed E-state index contributed by atoms with van der Waals surface area (Å²) < 4.78 is 42.3. The van der Waals surface area contributed by atoms with Crippen molar-refractivity contribution < 1.29 is 13.2 Å². The van der Waals surface area contributed by atoms with E-state index in [0.717, 1.165) is 25.0 Å². The maximum atomic E-state index is 15.0. The van der Waals surface area contributed by atoms with Crippen LogP contribution in [0, 0.1) is 28.9 Å². The highest BCUT2D eigenvalue weighted by Gasteiger charge is 2.32. The molecular formula is C24H22F3N5. The molecule has 1 saturated heterocycles. The van der Waals surface area contributed by atoms with Crippen LogP contribution < -0.4 is 10.2 Å². The van der Waals surface area contributed by atoms with E-state index in [0.29, 0.717) is 60.2 Å². The van der Waals surface area contributed by atoms with Crippen molar-refractivity contribution in [3.05, 3.63) is 59.2 Å². The zero-order valence-corrected chi connectivity index (χ0v) is 17.4. The third kappa shape index (κ3) is 4.07. The lowest BCUT2D eigenvalue weighted by molar-refractivity contribution is 0.193. The van der Waals surface area contributed by atoms with Gasteiger partial charge < -0.3 is 10.2 Å². The number of alkyl halides is 1. The fourth-order valence-electron chi connectivity index (χ4n) is 4.24. The van der Waals surface area contributed by atoms with Crippen molar-refractivity contribution in [2.24, 2.45) is 5.92 Å². The number of nitriles is 1. The first-order valence-electron chi connectivity index (χ1n) is 10.8. The molecule has 2 heterocycles. The second kappa shape index (κ2) is 8.30. The molecule has 1 saturated carbocycles. The molecule has 1 atom stereocenters. The van der Waals surface area contributed by atoms with Gasteiger partial charge in [-0.15, -0.1) is 0 Å². The third-order valence-corrected chi connectivity index (χ3v) is 6.21. The summed E-state index contributed by atoms with van der Waals surface area (Å²) in [5.74, 6) is -0.515. The van der Waals surface area contributed by atoms with Crippen LogP contribution in [0.3, 0.4) is 0 Å². The number of benzene rings is 2. The predicted molar refractivity (Wildman–Crippen MR) is 116 cm³/mol. The van der Waals surface area contributed by atoms with Gasteiger partial charge in [0.2, 0.25) is 0 Å². The molecule has 1 N–H and O–H groups in total.